The van der Waals surface area contributed by atoms with Gasteiger partial charge >= 0.3 is 0 Å². The average Bonchev–Trinajstić information content (AvgIpc) is 2.88. The molecule has 124 valence electrons. The van der Waals surface area contributed by atoms with Gasteiger partial charge in [0.05, 0.1) is 22.6 Å². The highest BCUT2D eigenvalue weighted by Gasteiger charge is 2.20. The summed E-state index contributed by atoms with van der Waals surface area (Å²) in [7, 11) is 1.39. The van der Waals surface area contributed by atoms with Crippen LogP contribution in [0.1, 0.15) is 16.1 Å². The molecule has 0 aliphatic rings. The van der Waals surface area contributed by atoms with Gasteiger partial charge < -0.3 is 19.6 Å². The third-order valence-electron chi connectivity index (χ3n) is 3.58. The molecule has 2 heterocycles. The molecule has 6 nitrogen and oxygen atoms in total. The second kappa shape index (κ2) is 5.93. The Labute approximate surface area is 149 Å². The summed E-state index contributed by atoms with van der Waals surface area (Å²) in [5.41, 5.74) is -0.849. The van der Waals surface area contributed by atoms with Crippen LogP contribution in [0.2, 0.25) is 0 Å². The van der Waals surface area contributed by atoms with Gasteiger partial charge in [-0.1, -0.05) is 0 Å². The fraction of sp³-hybridized carbons (Fsp3) is 0.125. The zero-order valence-electron chi connectivity index (χ0n) is 12.6. The van der Waals surface area contributed by atoms with Crippen molar-refractivity contribution in [2.75, 3.05) is 5.32 Å². The van der Waals surface area contributed by atoms with Gasteiger partial charge in [-0.3, -0.25) is 9.36 Å². The highest BCUT2D eigenvalue weighted by Crippen LogP contribution is 2.29. The molecule has 0 fully saturated rings. The maximum absolute atomic E-state index is 14.1. The van der Waals surface area contributed by atoms with Gasteiger partial charge in [-0.25, -0.2) is 4.39 Å². The van der Waals surface area contributed by atoms with Crippen LogP contribution in [-0.2, 0) is 7.05 Å². The number of carboxylic acids is 1. The van der Waals surface area contributed by atoms with Crippen LogP contribution in [0.4, 0.5) is 15.9 Å². The molecular weight excluding hydrogens is 430 g/mol. The molecule has 1 aromatic carbocycles. The molecule has 0 saturated carbocycles. The number of hydrogen-bond acceptors (Lipinski definition) is 5. The summed E-state index contributed by atoms with van der Waals surface area (Å²) in [5, 5.41) is 14.4. The van der Waals surface area contributed by atoms with Crippen LogP contribution in [0.15, 0.2) is 33.5 Å². The molecule has 3 aromatic rings. The number of anilines is 2. The Morgan fingerprint density at radius 3 is 2.71 bits per heavy atom. The van der Waals surface area contributed by atoms with E-state index >= 15 is 0 Å². The molecule has 0 atom stereocenters. The Morgan fingerprint density at radius 1 is 1.38 bits per heavy atom. The predicted octanol–water partition coefficient (Wildman–Crippen LogP) is 2.29. The van der Waals surface area contributed by atoms with Crippen LogP contribution in [0.25, 0.3) is 11.0 Å². The molecule has 0 unspecified atom stereocenters. The molecule has 0 spiro atoms. The number of furan rings is 1. The van der Waals surface area contributed by atoms with Crippen molar-refractivity contribution in [2.45, 2.75) is 6.92 Å². The van der Waals surface area contributed by atoms with Crippen molar-refractivity contribution in [1.82, 2.24) is 4.57 Å². The van der Waals surface area contributed by atoms with Crippen molar-refractivity contribution in [3.05, 3.63) is 55.3 Å². The van der Waals surface area contributed by atoms with Gasteiger partial charge in [0.15, 0.2) is 5.58 Å². The van der Waals surface area contributed by atoms with Gasteiger partial charge in [0.25, 0.3) is 5.56 Å². The van der Waals surface area contributed by atoms with Gasteiger partial charge in [-0.2, -0.15) is 0 Å². The molecule has 0 bridgehead atoms. The largest absolute Gasteiger partial charge is 0.545 e. The summed E-state index contributed by atoms with van der Waals surface area (Å²) in [6.07, 6.45) is 0. The van der Waals surface area contributed by atoms with E-state index in [2.05, 4.69) is 5.32 Å². The Morgan fingerprint density at radius 2 is 2.08 bits per heavy atom. The third-order valence-corrected chi connectivity index (χ3v) is 4.25. The Bertz CT molecular complexity index is 1040. The number of halogens is 2. The molecule has 0 aliphatic carbocycles. The molecule has 1 N–H and O–H groups in total. The minimum Gasteiger partial charge on any atom is -0.545 e. The number of aryl methyl sites for hydroxylation is 1. The second-order valence-corrected chi connectivity index (χ2v) is 6.47. The monoisotopic (exact) mass is 441 g/mol. The fourth-order valence-electron chi connectivity index (χ4n) is 2.47. The summed E-state index contributed by atoms with van der Waals surface area (Å²) < 4.78 is 21.2. The Balaban J connectivity index is 2.30. The first-order chi connectivity index (χ1) is 11.3. The van der Waals surface area contributed by atoms with Crippen molar-refractivity contribution in [3.63, 3.8) is 0 Å². The van der Waals surface area contributed by atoms with E-state index in [1.54, 1.807) is 13.0 Å². The van der Waals surface area contributed by atoms with Crippen LogP contribution in [-0.4, -0.2) is 10.5 Å². The van der Waals surface area contributed by atoms with Crippen LogP contribution in [0.5, 0.6) is 0 Å². The lowest BCUT2D eigenvalue weighted by Gasteiger charge is -2.17. The average molecular weight is 441 g/mol. The van der Waals surface area contributed by atoms with E-state index in [9.17, 15) is 19.1 Å². The number of nitrogens with zero attached hydrogens (tertiary/aromatic N) is 1. The number of carbonyl (C=O) groups is 1. The summed E-state index contributed by atoms with van der Waals surface area (Å²) in [6, 6.07) is 5.85. The smallest absolute Gasteiger partial charge is 0.263 e. The minimum atomic E-state index is -1.53. The van der Waals surface area contributed by atoms with Crippen molar-refractivity contribution in [2.24, 2.45) is 7.05 Å². The van der Waals surface area contributed by atoms with E-state index in [4.69, 9.17) is 4.42 Å². The maximum Gasteiger partial charge on any atom is 0.263 e. The highest BCUT2D eigenvalue weighted by atomic mass is 127. The summed E-state index contributed by atoms with van der Waals surface area (Å²) >= 11 is 1.95. The lowest BCUT2D eigenvalue weighted by Crippen LogP contribution is -2.29. The zero-order valence-corrected chi connectivity index (χ0v) is 14.8. The van der Waals surface area contributed by atoms with Gasteiger partial charge in [0, 0.05) is 10.6 Å². The number of rotatable bonds is 3. The van der Waals surface area contributed by atoms with Gasteiger partial charge in [0.1, 0.15) is 17.4 Å². The van der Waals surface area contributed by atoms with Crippen molar-refractivity contribution in [1.29, 1.82) is 0 Å². The predicted molar refractivity (Wildman–Crippen MR) is 92.9 cm³/mol. The molecule has 0 aliphatic heterocycles. The molecular formula is C16H11FIN2O4-. The van der Waals surface area contributed by atoms with Crippen molar-refractivity contribution >= 4 is 51.0 Å². The van der Waals surface area contributed by atoms with E-state index in [0.717, 1.165) is 4.57 Å². The van der Waals surface area contributed by atoms with E-state index in [1.807, 2.05) is 22.6 Å². The minimum absolute atomic E-state index is 0.0375. The number of carbonyl (C=O) groups excluding carboxylic acids is 1. The summed E-state index contributed by atoms with van der Waals surface area (Å²) in [4.78, 5) is 24.0. The number of carboxylic acid groups (broad SMARTS) is 1. The topological polar surface area (TPSA) is 87.3 Å². The Hall–Kier alpha value is -2.36. The maximum atomic E-state index is 14.1. The SMILES string of the molecule is Cc1cc2c(=O)n(C)c(Nc3ccc(I)cc3F)c(C(=O)[O-])c2o1. The molecule has 0 amide bonds. The van der Waals surface area contributed by atoms with Crippen LogP contribution >= 0.6 is 22.6 Å². The van der Waals surface area contributed by atoms with Gasteiger partial charge in [0.2, 0.25) is 0 Å². The highest BCUT2D eigenvalue weighted by molar-refractivity contribution is 14.1. The first-order valence-corrected chi connectivity index (χ1v) is 7.94. The molecule has 0 radical (unpaired) electrons. The summed E-state index contributed by atoms with van der Waals surface area (Å²) in [5.74, 6) is -1.82. The van der Waals surface area contributed by atoms with E-state index in [1.165, 1.54) is 25.2 Å². The third kappa shape index (κ3) is 2.66. The Kier molecular flexibility index (Phi) is 4.08. The number of pyridine rings is 1. The van der Waals surface area contributed by atoms with Crippen LogP contribution in [0.3, 0.4) is 0 Å². The molecule has 2 aromatic heterocycles. The lowest BCUT2D eigenvalue weighted by molar-refractivity contribution is -0.254. The summed E-state index contributed by atoms with van der Waals surface area (Å²) in [6.45, 7) is 1.60. The second-order valence-electron chi connectivity index (χ2n) is 5.22. The number of aromatic carboxylic acids is 1. The molecule has 24 heavy (non-hydrogen) atoms. The normalized spacial score (nSPS) is 11.0. The lowest BCUT2D eigenvalue weighted by atomic mass is 10.2. The first-order valence-electron chi connectivity index (χ1n) is 6.86. The number of hydrogen-bond donors (Lipinski definition) is 1. The number of aromatic nitrogens is 1. The number of nitrogens with one attached hydrogen (secondary N) is 1. The van der Waals surface area contributed by atoms with Gasteiger partial charge in [-0.15, -0.1) is 0 Å². The molecule has 8 heteroatoms. The van der Waals surface area contributed by atoms with E-state index in [-0.39, 0.29) is 28.0 Å². The van der Waals surface area contributed by atoms with Gasteiger partial charge in [-0.05, 0) is 53.8 Å². The van der Waals surface area contributed by atoms with Crippen LogP contribution in [0, 0.1) is 16.3 Å². The zero-order chi connectivity index (χ0) is 17.6. The fourth-order valence-corrected chi connectivity index (χ4v) is 2.92. The molecule has 3 rings (SSSR count). The van der Waals surface area contributed by atoms with E-state index < -0.39 is 17.3 Å². The number of benzene rings is 1. The van der Waals surface area contributed by atoms with Crippen molar-refractivity contribution < 1.29 is 18.7 Å². The quantitative estimate of drug-likeness (QED) is 0.631. The molecule has 0 saturated heterocycles. The van der Waals surface area contributed by atoms with Crippen molar-refractivity contribution in [3.8, 4) is 0 Å². The standard InChI is InChI=1S/C16H12FIN2O4/c1-7-5-9-13(24-7)12(16(22)23)14(20(2)15(9)21)19-11-4-3-8(18)6-10(11)17/h3-6,19H,1-2H3,(H,22,23)/p-1. The van der Waals surface area contributed by atoms with E-state index in [0.29, 0.717) is 9.33 Å². The first kappa shape index (κ1) is 16.5. The van der Waals surface area contributed by atoms with Crippen LogP contribution < -0.4 is 16.0 Å². The number of fused-ring (bicyclic) bond motifs is 1.